The smallest absolute Gasteiger partial charge is 0.273 e. The average Bonchev–Trinajstić information content (AvgIpc) is 3.45. The van der Waals surface area contributed by atoms with Crippen LogP contribution in [0.5, 0.6) is 11.6 Å². The molecule has 0 saturated heterocycles. The minimum atomic E-state index is -0.884. The number of fused-ring (bicyclic) bond motifs is 1. The van der Waals surface area contributed by atoms with Gasteiger partial charge in [0.05, 0.1) is 17.5 Å². The van der Waals surface area contributed by atoms with Crippen LogP contribution in [-0.2, 0) is 11.8 Å². The molecule has 3 heterocycles. The van der Waals surface area contributed by atoms with Gasteiger partial charge >= 0.3 is 0 Å². The summed E-state index contributed by atoms with van der Waals surface area (Å²) in [6.45, 7) is 7.16. The molecule has 0 radical (unpaired) electrons. The molecule has 3 N–H and O–H groups in total. The Kier molecular flexibility index (Phi) is 5.95. The van der Waals surface area contributed by atoms with Crippen molar-refractivity contribution in [3.63, 3.8) is 0 Å². The van der Waals surface area contributed by atoms with Gasteiger partial charge in [-0.25, -0.2) is 9.50 Å². The zero-order chi connectivity index (χ0) is 26.5. The van der Waals surface area contributed by atoms with Crippen LogP contribution in [0.1, 0.15) is 42.0 Å². The Morgan fingerprint density at radius 3 is 2.57 bits per heavy atom. The molecule has 3 aromatic heterocycles. The van der Waals surface area contributed by atoms with Gasteiger partial charge in [0.1, 0.15) is 11.4 Å². The standard InChI is InChI=1S/C26H29N7O4/c1-14-6-7-16(11-19(14)27-25(35)20-10-15(2)30-32(20)5)37-23-9-8-22-28-21(13-33(22)31-23)29-24(34)17-12-18(17)26(3,4)36/h6-11,13,17-18,36H,12H2,1-5H3,(H,27,35)(H,29,34). The van der Waals surface area contributed by atoms with Gasteiger partial charge in [-0.2, -0.15) is 5.10 Å². The maximum Gasteiger partial charge on any atom is 0.273 e. The molecule has 4 aromatic rings. The van der Waals surface area contributed by atoms with Crippen LogP contribution in [0, 0.1) is 25.7 Å². The maximum absolute atomic E-state index is 12.7. The summed E-state index contributed by atoms with van der Waals surface area (Å²) in [7, 11) is 1.72. The first-order valence-electron chi connectivity index (χ1n) is 12.0. The molecule has 1 aromatic carbocycles. The average molecular weight is 504 g/mol. The second-order valence-electron chi connectivity index (χ2n) is 10.0. The number of hydrogen-bond donors (Lipinski definition) is 3. The van der Waals surface area contributed by atoms with Crippen molar-refractivity contribution in [2.75, 3.05) is 10.6 Å². The third-order valence-corrected chi connectivity index (χ3v) is 6.50. The number of ether oxygens (including phenoxy) is 1. The molecule has 1 fully saturated rings. The van der Waals surface area contributed by atoms with Gasteiger partial charge in [0, 0.05) is 30.8 Å². The number of aromatic nitrogens is 5. The molecule has 11 heteroatoms. The second-order valence-corrected chi connectivity index (χ2v) is 10.0. The fraction of sp³-hybridized carbons (Fsp3) is 0.346. The monoisotopic (exact) mass is 503 g/mol. The number of carbonyl (C=O) groups is 2. The molecular formula is C26H29N7O4. The van der Waals surface area contributed by atoms with Crippen molar-refractivity contribution in [2.24, 2.45) is 18.9 Å². The first-order valence-corrected chi connectivity index (χ1v) is 12.0. The molecular weight excluding hydrogens is 474 g/mol. The molecule has 0 bridgehead atoms. The molecule has 1 aliphatic rings. The summed E-state index contributed by atoms with van der Waals surface area (Å²) in [5, 5.41) is 24.5. The highest BCUT2D eigenvalue weighted by molar-refractivity contribution is 6.03. The Balaban J connectivity index is 1.28. The number of carbonyl (C=O) groups excluding carboxylic acids is 2. The summed E-state index contributed by atoms with van der Waals surface area (Å²) in [4.78, 5) is 29.6. The van der Waals surface area contributed by atoms with Crippen molar-refractivity contribution in [1.29, 1.82) is 0 Å². The number of benzene rings is 1. The zero-order valence-electron chi connectivity index (χ0n) is 21.3. The summed E-state index contributed by atoms with van der Waals surface area (Å²) in [6.07, 6.45) is 2.26. The van der Waals surface area contributed by atoms with Crippen molar-refractivity contribution in [3.8, 4) is 11.6 Å². The van der Waals surface area contributed by atoms with E-state index in [-0.39, 0.29) is 23.7 Å². The van der Waals surface area contributed by atoms with E-state index in [0.717, 1.165) is 11.3 Å². The van der Waals surface area contributed by atoms with E-state index in [2.05, 4.69) is 25.8 Å². The summed E-state index contributed by atoms with van der Waals surface area (Å²) in [5.74, 6) is 0.472. The molecule has 37 heavy (non-hydrogen) atoms. The highest BCUT2D eigenvalue weighted by Gasteiger charge is 2.51. The Morgan fingerprint density at radius 1 is 1.11 bits per heavy atom. The predicted molar refractivity (Wildman–Crippen MR) is 137 cm³/mol. The van der Waals surface area contributed by atoms with Crippen molar-refractivity contribution in [1.82, 2.24) is 24.4 Å². The van der Waals surface area contributed by atoms with Gasteiger partial charge in [-0.3, -0.25) is 14.3 Å². The van der Waals surface area contributed by atoms with Crippen LogP contribution in [0.2, 0.25) is 0 Å². The maximum atomic E-state index is 12.7. The molecule has 2 atom stereocenters. The van der Waals surface area contributed by atoms with E-state index >= 15 is 0 Å². The van der Waals surface area contributed by atoms with E-state index in [4.69, 9.17) is 4.74 Å². The van der Waals surface area contributed by atoms with E-state index in [0.29, 0.717) is 40.9 Å². The molecule has 11 nitrogen and oxygen atoms in total. The Hall–Kier alpha value is -4.25. The van der Waals surface area contributed by atoms with Gasteiger partial charge < -0.3 is 20.5 Å². The number of imidazole rings is 1. The topological polar surface area (TPSA) is 136 Å². The lowest BCUT2D eigenvalue weighted by atomic mass is 10.0. The second kappa shape index (κ2) is 9.00. The van der Waals surface area contributed by atoms with Crippen LogP contribution >= 0.6 is 0 Å². The summed E-state index contributed by atoms with van der Waals surface area (Å²) >= 11 is 0. The van der Waals surface area contributed by atoms with Crippen LogP contribution in [0.4, 0.5) is 11.5 Å². The highest BCUT2D eigenvalue weighted by atomic mass is 16.5. The minimum Gasteiger partial charge on any atom is -0.438 e. The fourth-order valence-electron chi connectivity index (χ4n) is 4.39. The number of nitrogens with one attached hydrogen (secondary N) is 2. The number of aryl methyl sites for hydroxylation is 3. The van der Waals surface area contributed by atoms with E-state index in [9.17, 15) is 14.7 Å². The minimum absolute atomic E-state index is 0.0555. The van der Waals surface area contributed by atoms with Gasteiger partial charge in [-0.1, -0.05) is 6.07 Å². The van der Waals surface area contributed by atoms with Gasteiger partial charge in [-0.05, 0) is 63.8 Å². The number of hydrogen-bond acceptors (Lipinski definition) is 7. The Labute approximate surface area is 213 Å². The molecule has 1 saturated carbocycles. The number of amides is 2. The number of rotatable bonds is 7. The van der Waals surface area contributed by atoms with Gasteiger partial charge in [-0.15, -0.1) is 5.10 Å². The first-order chi connectivity index (χ1) is 17.5. The van der Waals surface area contributed by atoms with Gasteiger partial charge in [0.25, 0.3) is 5.91 Å². The van der Waals surface area contributed by atoms with Crippen molar-refractivity contribution in [2.45, 2.75) is 39.7 Å². The predicted octanol–water partition coefficient (Wildman–Crippen LogP) is 3.47. The molecule has 2 unspecified atom stereocenters. The van der Waals surface area contributed by atoms with E-state index < -0.39 is 5.60 Å². The fourth-order valence-corrected chi connectivity index (χ4v) is 4.39. The quantitative estimate of drug-likeness (QED) is 0.351. The van der Waals surface area contributed by atoms with Crippen LogP contribution in [0.25, 0.3) is 5.65 Å². The van der Waals surface area contributed by atoms with E-state index in [1.807, 2.05) is 19.9 Å². The molecule has 2 amide bonds. The normalized spacial score (nSPS) is 17.0. The van der Waals surface area contributed by atoms with Crippen LogP contribution in [0.15, 0.2) is 42.6 Å². The van der Waals surface area contributed by atoms with Crippen LogP contribution in [-0.4, -0.2) is 46.9 Å². The van der Waals surface area contributed by atoms with Crippen LogP contribution in [0.3, 0.4) is 0 Å². The summed E-state index contributed by atoms with van der Waals surface area (Å²) in [5.41, 5.74) is 2.36. The van der Waals surface area contributed by atoms with Gasteiger partial charge in [0.15, 0.2) is 11.5 Å². The number of anilines is 2. The highest BCUT2D eigenvalue weighted by Crippen LogP contribution is 2.46. The third-order valence-electron chi connectivity index (χ3n) is 6.50. The lowest BCUT2D eigenvalue weighted by Crippen LogP contribution is -2.26. The van der Waals surface area contributed by atoms with Crippen molar-refractivity contribution in [3.05, 3.63) is 59.5 Å². The van der Waals surface area contributed by atoms with Crippen molar-refractivity contribution >= 4 is 29.0 Å². The molecule has 0 spiro atoms. The molecule has 0 aliphatic heterocycles. The first kappa shape index (κ1) is 24.4. The number of nitrogens with zero attached hydrogens (tertiary/aromatic N) is 5. The Morgan fingerprint density at radius 2 is 1.89 bits per heavy atom. The molecule has 5 rings (SSSR count). The number of aliphatic hydroxyl groups is 1. The van der Waals surface area contributed by atoms with Crippen LogP contribution < -0.4 is 15.4 Å². The largest absolute Gasteiger partial charge is 0.438 e. The lowest BCUT2D eigenvalue weighted by Gasteiger charge is -2.16. The molecule has 192 valence electrons. The Bertz CT molecular complexity index is 1520. The van der Waals surface area contributed by atoms with Crippen molar-refractivity contribution < 1.29 is 19.4 Å². The summed E-state index contributed by atoms with van der Waals surface area (Å²) in [6, 6.07) is 10.5. The van der Waals surface area contributed by atoms with E-state index in [1.165, 1.54) is 9.20 Å². The zero-order valence-corrected chi connectivity index (χ0v) is 21.3. The third kappa shape index (κ3) is 5.17. The van der Waals surface area contributed by atoms with E-state index in [1.54, 1.807) is 57.4 Å². The summed E-state index contributed by atoms with van der Waals surface area (Å²) < 4.78 is 9.00. The molecule has 1 aliphatic carbocycles. The SMILES string of the molecule is Cc1cc(C(=O)Nc2cc(Oc3ccc4nc(NC(=O)C5CC5C(C)(C)O)cn4n3)ccc2C)n(C)n1. The lowest BCUT2D eigenvalue weighted by molar-refractivity contribution is -0.118. The van der Waals surface area contributed by atoms with Gasteiger partial charge in [0.2, 0.25) is 11.8 Å².